The zero-order chi connectivity index (χ0) is 11.4. The number of carbonyl (C=O) groups is 1. The Balaban J connectivity index is 2.89. The van der Waals surface area contributed by atoms with E-state index in [0.717, 1.165) is 6.42 Å². The molecule has 0 saturated heterocycles. The van der Waals surface area contributed by atoms with E-state index in [4.69, 9.17) is 4.84 Å². The summed E-state index contributed by atoms with van der Waals surface area (Å²) in [4.78, 5) is 15.4. The number of rotatable bonds is 10. The minimum atomic E-state index is -0.130. The van der Waals surface area contributed by atoms with Gasteiger partial charge in [0.1, 0.15) is 0 Å². The van der Waals surface area contributed by atoms with Crippen LogP contribution in [0, 0.1) is 0 Å². The molecule has 0 aromatic rings. The summed E-state index contributed by atoms with van der Waals surface area (Å²) in [5, 5.41) is 0. The van der Waals surface area contributed by atoms with E-state index in [9.17, 15) is 4.79 Å². The molecule has 0 rings (SSSR count). The second kappa shape index (κ2) is 11.5. The van der Waals surface area contributed by atoms with Crippen LogP contribution in [0.25, 0.3) is 0 Å². The van der Waals surface area contributed by atoms with Crippen LogP contribution in [-0.4, -0.2) is 12.5 Å². The maximum Gasteiger partial charge on any atom is 0.240 e. The lowest BCUT2D eigenvalue weighted by molar-refractivity contribution is -0.131. The Bertz CT molecular complexity index is 149. The predicted molar refractivity (Wildman–Crippen MR) is 62.4 cm³/mol. The first-order chi connectivity index (χ1) is 7.27. The molecule has 0 atom stereocenters. The quantitative estimate of drug-likeness (QED) is 0.449. The molecule has 0 aliphatic rings. The minimum absolute atomic E-state index is 0.130. The SMILES string of the molecule is CCCCCCCCCCONC(C)=O. The van der Waals surface area contributed by atoms with Crippen LogP contribution in [-0.2, 0) is 9.63 Å². The Hall–Kier alpha value is -0.570. The summed E-state index contributed by atoms with van der Waals surface area (Å²) in [6.45, 7) is 4.32. The van der Waals surface area contributed by atoms with Crippen LogP contribution in [0.15, 0.2) is 0 Å². The van der Waals surface area contributed by atoms with E-state index in [2.05, 4.69) is 12.4 Å². The fourth-order valence-corrected chi connectivity index (χ4v) is 1.46. The molecule has 3 nitrogen and oxygen atoms in total. The molecule has 15 heavy (non-hydrogen) atoms. The lowest BCUT2D eigenvalue weighted by atomic mass is 10.1. The van der Waals surface area contributed by atoms with Gasteiger partial charge in [0.25, 0.3) is 0 Å². The van der Waals surface area contributed by atoms with Crippen LogP contribution in [0.4, 0.5) is 0 Å². The maximum atomic E-state index is 10.4. The fourth-order valence-electron chi connectivity index (χ4n) is 1.46. The van der Waals surface area contributed by atoms with Crippen molar-refractivity contribution in [3.8, 4) is 0 Å². The third kappa shape index (κ3) is 13.4. The molecular weight excluding hydrogens is 190 g/mol. The molecular formula is C12H25NO2. The maximum absolute atomic E-state index is 10.4. The third-order valence-electron chi connectivity index (χ3n) is 2.32. The van der Waals surface area contributed by atoms with Crippen molar-refractivity contribution in [1.29, 1.82) is 0 Å². The van der Waals surface area contributed by atoms with Crippen LogP contribution < -0.4 is 5.48 Å². The molecule has 0 aromatic heterocycles. The summed E-state index contributed by atoms with van der Waals surface area (Å²) in [5.41, 5.74) is 2.33. The lowest BCUT2D eigenvalue weighted by Gasteiger charge is -2.03. The van der Waals surface area contributed by atoms with Gasteiger partial charge in [0, 0.05) is 6.92 Å². The molecule has 90 valence electrons. The molecule has 0 bridgehead atoms. The first-order valence-corrected chi connectivity index (χ1v) is 6.15. The molecule has 0 radical (unpaired) electrons. The molecule has 0 unspecified atom stereocenters. The zero-order valence-electron chi connectivity index (χ0n) is 10.2. The summed E-state index contributed by atoms with van der Waals surface area (Å²) in [6.07, 6.45) is 10.3. The number of nitrogens with one attached hydrogen (secondary N) is 1. The first-order valence-electron chi connectivity index (χ1n) is 6.15. The molecule has 1 N–H and O–H groups in total. The standard InChI is InChI=1S/C12H25NO2/c1-3-4-5-6-7-8-9-10-11-15-13-12(2)14/h3-11H2,1-2H3,(H,13,14). The second-order valence-electron chi connectivity index (χ2n) is 3.98. The highest BCUT2D eigenvalue weighted by molar-refractivity contribution is 5.71. The van der Waals surface area contributed by atoms with E-state index < -0.39 is 0 Å². The number of unbranched alkanes of at least 4 members (excludes halogenated alkanes) is 7. The van der Waals surface area contributed by atoms with Crippen molar-refractivity contribution in [1.82, 2.24) is 5.48 Å². The van der Waals surface area contributed by atoms with E-state index in [1.54, 1.807) is 0 Å². The highest BCUT2D eigenvalue weighted by Gasteiger charge is 1.93. The number of hydrogen-bond acceptors (Lipinski definition) is 2. The van der Waals surface area contributed by atoms with Crippen LogP contribution in [0.2, 0.25) is 0 Å². The van der Waals surface area contributed by atoms with Crippen molar-refractivity contribution >= 4 is 5.91 Å². The highest BCUT2D eigenvalue weighted by Crippen LogP contribution is 2.07. The minimum Gasteiger partial charge on any atom is -0.274 e. The highest BCUT2D eigenvalue weighted by atomic mass is 16.6. The van der Waals surface area contributed by atoms with Gasteiger partial charge in [-0.15, -0.1) is 0 Å². The zero-order valence-corrected chi connectivity index (χ0v) is 10.2. The van der Waals surface area contributed by atoms with Crippen molar-refractivity contribution < 1.29 is 9.63 Å². The van der Waals surface area contributed by atoms with Gasteiger partial charge < -0.3 is 0 Å². The average Bonchev–Trinajstić information content (AvgIpc) is 2.20. The number of amides is 1. The van der Waals surface area contributed by atoms with Crippen molar-refractivity contribution in [2.75, 3.05) is 6.61 Å². The predicted octanol–water partition coefficient (Wildman–Crippen LogP) is 3.19. The molecule has 0 saturated carbocycles. The second-order valence-corrected chi connectivity index (χ2v) is 3.98. The summed E-state index contributed by atoms with van der Waals surface area (Å²) >= 11 is 0. The summed E-state index contributed by atoms with van der Waals surface area (Å²) in [6, 6.07) is 0. The molecule has 0 fully saturated rings. The molecule has 3 heteroatoms. The Labute approximate surface area is 93.5 Å². The van der Waals surface area contributed by atoms with Crippen LogP contribution >= 0.6 is 0 Å². The summed E-state index contributed by atoms with van der Waals surface area (Å²) in [5.74, 6) is -0.130. The van der Waals surface area contributed by atoms with Crippen LogP contribution in [0.3, 0.4) is 0 Å². The molecule has 1 amide bonds. The molecule has 0 aliphatic carbocycles. The first kappa shape index (κ1) is 14.4. The largest absolute Gasteiger partial charge is 0.274 e. The van der Waals surface area contributed by atoms with Crippen LogP contribution in [0.5, 0.6) is 0 Å². The normalized spacial score (nSPS) is 10.3. The summed E-state index contributed by atoms with van der Waals surface area (Å²) in [7, 11) is 0. The molecule has 0 aliphatic heterocycles. The van der Waals surface area contributed by atoms with Gasteiger partial charge in [-0.1, -0.05) is 51.9 Å². The summed E-state index contributed by atoms with van der Waals surface area (Å²) < 4.78 is 0. The lowest BCUT2D eigenvalue weighted by Crippen LogP contribution is -2.20. The molecule has 0 aromatic carbocycles. The Morgan fingerprint density at radius 2 is 1.53 bits per heavy atom. The number of hydroxylamine groups is 1. The Kier molecular flexibility index (Phi) is 11.1. The smallest absolute Gasteiger partial charge is 0.240 e. The number of carbonyl (C=O) groups excluding carboxylic acids is 1. The monoisotopic (exact) mass is 215 g/mol. The van der Waals surface area contributed by atoms with Crippen molar-refractivity contribution in [2.24, 2.45) is 0 Å². The van der Waals surface area contributed by atoms with E-state index >= 15 is 0 Å². The topological polar surface area (TPSA) is 38.3 Å². The van der Waals surface area contributed by atoms with Crippen molar-refractivity contribution in [3.63, 3.8) is 0 Å². The van der Waals surface area contributed by atoms with Crippen molar-refractivity contribution in [2.45, 2.75) is 65.2 Å². The van der Waals surface area contributed by atoms with Gasteiger partial charge in [-0.05, 0) is 6.42 Å². The van der Waals surface area contributed by atoms with Crippen molar-refractivity contribution in [3.05, 3.63) is 0 Å². The third-order valence-corrected chi connectivity index (χ3v) is 2.32. The molecule has 0 spiro atoms. The Morgan fingerprint density at radius 1 is 1.00 bits per heavy atom. The van der Waals surface area contributed by atoms with Gasteiger partial charge in [0.05, 0.1) is 6.61 Å². The van der Waals surface area contributed by atoms with E-state index in [1.165, 1.54) is 51.9 Å². The van der Waals surface area contributed by atoms with Gasteiger partial charge in [0.2, 0.25) is 5.91 Å². The van der Waals surface area contributed by atoms with Gasteiger partial charge >= 0.3 is 0 Å². The van der Waals surface area contributed by atoms with E-state index in [0.29, 0.717) is 6.61 Å². The molecule has 0 heterocycles. The fraction of sp³-hybridized carbons (Fsp3) is 0.917. The van der Waals surface area contributed by atoms with Crippen LogP contribution in [0.1, 0.15) is 65.2 Å². The van der Waals surface area contributed by atoms with E-state index in [1.807, 2.05) is 0 Å². The van der Waals surface area contributed by atoms with Gasteiger partial charge in [0.15, 0.2) is 0 Å². The number of hydrogen-bond donors (Lipinski definition) is 1. The van der Waals surface area contributed by atoms with E-state index in [-0.39, 0.29) is 5.91 Å². The van der Waals surface area contributed by atoms with Gasteiger partial charge in [-0.2, -0.15) is 0 Å². The van der Waals surface area contributed by atoms with Gasteiger partial charge in [-0.25, -0.2) is 5.48 Å². The average molecular weight is 215 g/mol. The Morgan fingerprint density at radius 3 is 2.07 bits per heavy atom. The van der Waals surface area contributed by atoms with Gasteiger partial charge in [-0.3, -0.25) is 9.63 Å².